The molecule has 0 atom stereocenters. The van der Waals surface area contributed by atoms with Gasteiger partial charge in [0.2, 0.25) is 10.1 Å². The van der Waals surface area contributed by atoms with E-state index in [1.165, 1.54) is 11.3 Å². The summed E-state index contributed by atoms with van der Waals surface area (Å²) in [6, 6.07) is 0. The molecular formula is C10H12N6OS. The fourth-order valence-electron chi connectivity index (χ4n) is 1.64. The zero-order valence-corrected chi connectivity index (χ0v) is 10.6. The lowest BCUT2D eigenvalue weighted by Crippen LogP contribution is -2.01. The second kappa shape index (κ2) is 4.39. The van der Waals surface area contributed by atoms with Gasteiger partial charge in [-0.3, -0.25) is 4.68 Å². The van der Waals surface area contributed by atoms with Gasteiger partial charge < -0.3 is 10.4 Å². The van der Waals surface area contributed by atoms with Gasteiger partial charge in [0.15, 0.2) is 0 Å². The van der Waals surface area contributed by atoms with E-state index in [0.717, 1.165) is 21.5 Å². The van der Waals surface area contributed by atoms with Gasteiger partial charge in [0, 0.05) is 6.20 Å². The van der Waals surface area contributed by atoms with Crippen LogP contribution in [-0.4, -0.2) is 36.1 Å². The van der Waals surface area contributed by atoms with E-state index in [1.54, 1.807) is 15.4 Å². The third kappa shape index (κ3) is 2.07. The highest BCUT2D eigenvalue weighted by Crippen LogP contribution is 2.22. The van der Waals surface area contributed by atoms with Crippen LogP contribution in [0.4, 0.5) is 10.8 Å². The molecule has 0 unspecified atom stereocenters. The molecule has 3 rings (SSSR count). The van der Waals surface area contributed by atoms with E-state index in [-0.39, 0.29) is 6.61 Å². The van der Waals surface area contributed by atoms with Gasteiger partial charge in [-0.2, -0.15) is 5.10 Å². The predicted molar refractivity (Wildman–Crippen MR) is 68.2 cm³/mol. The van der Waals surface area contributed by atoms with E-state index >= 15 is 0 Å². The summed E-state index contributed by atoms with van der Waals surface area (Å²) in [5.41, 5.74) is 1.80. The van der Waals surface area contributed by atoms with E-state index < -0.39 is 0 Å². The van der Waals surface area contributed by atoms with Gasteiger partial charge in [-0.05, 0) is 6.92 Å². The normalized spacial score (nSPS) is 11.2. The van der Waals surface area contributed by atoms with Crippen LogP contribution in [0, 0.1) is 6.92 Å². The number of nitrogens with zero attached hydrogens (tertiary/aromatic N) is 5. The molecule has 3 aromatic rings. The Morgan fingerprint density at radius 3 is 3.11 bits per heavy atom. The number of fused-ring (bicyclic) bond motifs is 1. The largest absolute Gasteiger partial charge is 0.394 e. The van der Waals surface area contributed by atoms with Crippen molar-refractivity contribution in [2.75, 3.05) is 11.9 Å². The fraction of sp³-hybridized carbons (Fsp3) is 0.300. The number of hydrogen-bond donors (Lipinski definition) is 2. The van der Waals surface area contributed by atoms with Crippen molar-refractivity contribution >= 4 is 27.1 Å². The number of aromatic nitrogens is 5. The molecule has 0 aliphatic rings. The summed E-state index contributed by atoms with van der Waals surface area (Å²) in [5.74, 6) is 0. The second-order valence-corrected chi connectivity index (χ2v) is 4.81. The Hall–Kier alpha value is -1.93. The van der Waals surface area contributed by atoms with Crippen LogP contribution in [0.25, 0.3) is 4.96 Å². The second-order valence-electron chi connectivity index (χ2n) is 3.86. The number of aliphatic hydroxyl groups is 1. The third-order valence-electron chi connectivity index (χ3n) is 2.38. The summed E-state index contributed by atoms with van der Waals surface area (Å²) < 4.78 is 3.42. The molecule has 0 saturated heterocycles. The van der Waals surface area contributed by atoms with Gasteiger partial charge in [0.05, 0.1) is 36.9 Å². The summed E-state index contributed by atoms with van der Waals surface area (Å²) in [7, 11) is 0. The predicted octanol–water partition coefficient (Wildman–Crippen LogP) is 1.03. The SMILES string of the molecule is Cc1cn2nc(Nc3cnn(CCO)c3)sc2n1. The van der Waals surface area contributed by atoms with Crippen molar-refractivity contribution in [2.24, 2.45) is 0 Å². The monoisotopic (exact) mass is 264 g/mol. The summed E-state index contributed by atoms with van der Waals surface area (Å²) in [6.07, 6.45) is 5.41. The maximum absolute atomic E-state index is 8.81. The lowest BCUT2D eigenvalue weighted by molar-refractivity contribution is 0.269. The molecule has 0 fully saturated rings. The number of nitrogens with one attached hydrogen (secondary N) is 1. The van der Waals surface area contributed by atoms with Crippen LogP contribution >= 0.6 is 11.3 Å². The number of imidazole rings is 1. The Bertz CT molecular complexity index is 637. The zero-order valence-electron chi connectivity index (χ0n) is 9.74. The number of aryl methyl sites for hydroxylation is 1. The molecule has 0 saturated carbocycles. The van der Waals surface area contributed by atoms with E-state index in [9.17, 15) is 0 Å². The van der Waals surface area contributed by atoms with E-state index in [2.05, 4.69) is 20.5 Å². The summed E-state index contributed by atoms with van der Waals surface area (Å²) >= 11 is 1.48. The lowest BCUT2D eigenvalue weighted by atomic mass is 10.6. The standard InChI is InChI=1S/C10H12N6OS/c1-7-5-16-10(12-7)18-9(14-16)13-8-4-11-15(6-8)2-3-17/h4-6,17H,2-3H2,1H3,(H,13,14). The molecule has 8 heteroatoms. The van der Waals surface area contributed by atoms with Gasteiger partial charge in [-0.1, -0.05) is 11.3 Å². The maximum atomic E-state index is 8.81. The van der Waals surface area contributed by atoms with E-state index in [4.69, 9.17) is 5.11 Å². The topological polar surface area (TPSA) is 80.3 Å². The van der Waals surface area contributed by atoms with Crippen molar-refractivity contribution in [3.63, 3.8) is 0 Å². The Morgan fingerprint density at radius 1 is 1.44 bits per heavy atom. The molecular weight excluding hydrogens is 252 g/mol. The molecule has 2 N–H and O–H groups in total. The van der Waals surface area contributed by atoms with Crippen molar-refractivity contribution < 1.29 is 5.11 Å². The third-order valence-corrected chi connectivity index (χ3v) is 3.22. The molecule has 94 valence electrons. The van der Waals surface area contributed by atoms with Crippen molar-refractivity contribution in [1.29, 1.82) is 0 Å². The van der Waals surface area contributed by atoms with Gasteiger partial charge in [-0.15, -0.1) is 5.10 Å². The summed E-state index contributed by atoms with van der Waals surface area (Å²) in [6.45, 7) is 2.50. The molecule has 0 spiro atoms. The minimum absolute atomic E-state index is 0.0749. The minimum atomic E-state index is 0.0749. The molecule has 0 bridgehead atoms. The molecule has 0 amide bonds. The summed E-state index contributed by atoms with van der Waals surface area (Å²) in [5, 5.41) is 21.2. The lowest BCUT2D eigenvalue weighted by Gasteiger charge is -1.96. The fourth-order valence-corrected chi connectivity index (χ4v) is 2.48. The summed E-state index contributed by atoms with van der Waals surface area (Å²) in [4.78, 5) is 5.19. The van der Waals surface area contributed by atoms with E-state index in [1.807, 2.05) is 19.3 Å². The average Bonchev–Trinajstić information content (AvgIpc) is 2.95. The van der Waals surface area contributed by atoms with Crippen LogP contribution in [0.3, 0.4) is 0 Å². The highest BCUT2D eigenvalue weighted by molar-refractivity contribution is 7.20. The Morgan fingerprint density at radius 2 is 2.33 bits per heavy atom. The average molecular weight is 264 g/mol. The quantitative estimate of drug-likeness (QED) is 0.735. The number of rotatable bonds is 4. The van der Waals surface area contributed by atoms with Crippen molar-refractivity contribution in [3.8, 4) is 0 Å². The molecule has 0 aliphatic carbocycles. The minimum Gasteiger partial charge on any atom is -0.394 e. The van der Waals surface area contributed by atoms with Gasteiger partial charge in [0.1, 0.15) is 0 Å². The van der Waals surface area contributed by atoms with Gasteiger partial charge >= 0.3 is 0 Å². The highest BCUT2D eigenvalue weighted by Gasteiger charge is 2.07. The first kappa shape index (κ1) is 11.2. The highest BCUT2D eigenvalue weighted by atomic mass is 32.1. The van der Waals surface area contributed by atoms with Gasteiger partial charge in [-0.25, -0.2) is 9.50 Å². The van der Waals surface area contributed by atoms with Crippen LogP contribution in [0.1, 0.15) is 5.69 Å². The smallest absolute Gasteiger partial charge is 0.214 e. The molecule has 18 heavy (non-hydrogen) atoms. The Balaban J connectivity index is 1.79. The van der Waals surface area contributed by atoms with Crippen LogP contribution in [0.15, 0.2) is 18.6 Å². The molecule has 7 nitrogen and oxygen atoms in total. The van der Waals surface area contributed by atoms with Crippen molar-refractivity contribution in [1.82, 2.24) is 24.4 Å². The first-order chi connectivity index (χ1) is 8.74. The van der Waals surface area contributed by atoms with Crippen molar-refractivity contribution in [2.45, 2.75) is 13.5 Å². The zero-order chi connectivity index (χ0) is 12.5. The van der Waals surface area contributed by atoms with Crippen molar-refractivity contribution in [3.05, 3.63) is 24.3 Å². The van der Waals surface area contributed by atoms with Crippen LogP contribution < -0.4 is 5.32 Å². The number of hydrogen-bond acceptors (Lipinski definition) is 6. The van der Waals surface area contributed by atoms with E-state index in [0.29, 0.717) is 6.54 Å². The van der Waals surface area contributed by atoms with Crippen LogP contribution in [-0.2, 0) is 6.54 Å². The molecule has 0 aliphatic heterocycles. The number of anilines is 2. The van der Waals surface area contributed by atoms with Gasteiger partial charge in [0.25, 0.3) is 0 Å². The Kier molecular flexibility index (Phi) is 2.73. The van der Waals surface area contributed by atoms with Crippen LogP contribution in [0.5, 0.6) is 0 Å². The number of aliphatic hydroxyl groups excluding tert-OH is 1. The van der Waals surface area contributed by atoms with Crippen LogP contribution in [0.2, 0.25) is 0 Å². The molecule has 3 heterocycles. The molecule has 0 aromatic carbocycles. The first-order valence-corrected chi connectivity index (χ1v) is 6.29. The molecule has 3 aromatic heterocycles. The maximum Gasteiger partial charge on any atom is 0.214 e. The first-order valence-electron chi connectivity index (χ1n) is 5.48. The Labute approximate surface area is 107 Å². The molecule has 0 radical (unpaired) electrons.